The number of rotatable bonds is 0. The Morgan fingerprint density at radius 2 is 0.429 bits per heavy atom. The molecule has 0 bridgehead atoms. The molecule has 7 heteroatoms. The number of hydrogen-bond acceptors (Lipinski definition) is 0. The van der Waals surface area contributed by atoms with E-state index in [-0.39, 0.29) is 116 Å². The molecule has 7 heavy (non-hydrogen) atoms. The van der Waals surface area contributed by atoms with Crippen molar-refractivity contribution in [1.82, 2.24) is 0 Å². The van der Waals surface area contributed by atoms with Crippen molar-refractivity contribution in [2.24, 2.45) is 0 Å². The van der Waals surface area contributed by atoms with Crippen LogP contribution in [0.1, 0.15) is 0 Å². The van der Waals surface area contributed by atoms with Gasteiger partial charge in [0, 0.05) is 0 Å². The molecule has 0 aliphatic carbocycles. The van der Waals surface area contributed by atoms with Gasteiger partial charge in [-0.3, -0.25) is 0 Å². The first-order chi connectivity index (χ1) is 0. The van der Waals surface area contributed by atoms with Crippen molar-refractivity contribution in [2.45, 2.75) is 0 Å². The van der Waals surface area contributed by atoms with E-state index in [9.17, 15) is 0 Å². The van der Waals surface area contributed by atoms with Gasteiger partial charge in [0.05, 0.1) is 0 Å². The molecular weight excluding hydrogens is 222 g/mol. The Balaban J connectivity index is 0. The van der Waals surface area contributed by atoms with Crippen LogP contribution < -0.4 is 0 Å². The molecule has 0 saturated heterocycles. The molecule has 0 amide bonds. The first kappa shape index (κ1) is 67.2. The third kappa shape index (κ3) is 39.4. The van der Waals surface area contributed by atoms with Gasteiger partial charge in [0.15, 0.2) is 0 Å². The second-order valence-corrected chi connectivity index (χ2v) is 0. The van der Waals surface area contributed by atoms with Gasteiger partial charge in [-0.25, -0.2) is 0 Å². The predicted octanol–water partition coefficient (Wildman–Crippen LogP) is 1.44. The molecule has 0 fully saturated rings. The van der Waals surface area contributed by atoms with Crippen molar-refractivity contribution < 1.29 is 17.1 Å². The van der Waals surface area contributed by atoms with E-state index >= 15 is 0 Å². The summed E-state index contributed by atoms with van der Waals surface area (Å²) in [5, 5.41) is 0. The average molecular weight is 222 g/mol. The molecule has 0 atom stereocenters. The molecule has 0 spiro atoms. The Morgan fingerprint density at radius 3 is 0.429 bits per heavy atom. The minimum Gasteiger partial charge on any atom is -3.00 e. The average Bonchev–Trinajstić information content (AvgIpc) is 0. The zero-order valence-electron chi connectivity index (χ0n) is 3.82. The van der Waals surface area contributed by atoms with Crippen LogP contribution in [0, 0.1) is 0 Å². The van der Waals surface area contributed by atoms with Crippen molar-refractivity contribution in [3.63, 3.8) is 0 Å². The Hall–Kier alpha value is 4.11. The van der Waals surface area contributed by atoms with Crippen LogP contribution in [0.5, 0.6) is 0 Å². The summed E-state index contributed by atoms with van der Waals surface area (Å²) in [5.41, 5.74) is 0. The molecule has 0 aromatic carbocycles. The molecule has 0 aromatic heterocycles. The quantitative estimate of drug-likeness (QED) is 0.429. The maximum atomic E-state index is 0. The Morgan fingerprint density at radius 1 is 0.429 bits per heavy atom. The zero-order valence-corrected chi connectivity index (χ0v) is 11.8. The molecule has 0 saturated carbocycles. The molecule has 0 aliphatic heterocycles. The Bertz CT molecular complexity index is 10.1. The van der Waals surface area contributed by atoms with Gasteiger partial charge in [-0.15, -0.1) is 0 Å². The van der Waals surface area contributed by atoms with Gasteiger partial charge in [-0.05, 0) is 0 Å². The zero-order chi connectivity index (χ0) is 0. The minimum absolute atomic E-state index is 0. The molecule has 0 aliphatic rings. The largest absolute Gasteiger partial charge is 3.00 e. The van der Waals surface area contributed by atoms with Crippen LogP contribution in [0.2, 0.25) is 0 Å². The van der Waals surface area contributed by atoms with Crippen molar-refractivity contribution in [1.29, 1.82) is 0 Å². The van der Waals surface area contributed by atoms with E-state index in [1.165, 1.54) is 0 Å². The van der Waals surface area contributed by atoms with Gasteiger partial charge in [0.25, 0.3) is 0 Å². The summed E-state index contributed by atoms with van der Waals surface area (Å²) in [4.78, 5) is 0. The van der Waals surface area contributed by atoms with Crippen LogP contribution in [-0.2, 0) is 17.1 Å². The molecule has 29 valence electrons. The molecule has 0 heterocycles. The molecule has 0 rings (SSSR count). The van der Waals surface area contributed by atoms with E-state index in [2.05, 4.69) is 0 Å². The van der Waals surface area contributed by atoms with E-state index < -0.39 is 0 Å². The Labute approximate surface area is 114 Å². The fourth-order valence-electron chi connectivity index (χ4n) is 0. The molecule has 0 N–H and O–H groups in total. The minimum atomic E-state index is 0. The van der Waals surface area contributed by atoms with Crippen LogP contribution in [0.4, 0.5) is 0 Å². The van der Waals surface area contributed by atoms with Gasteiger partial charge in [-0.2, -0.15) is 0 Å². The van der Waals surface area contributed by atoms with Crippen LogP contribution in [0.15, 0.2) is 0 Å². The van der Waals surface area contributed by atoms with Crippen molar-refractivity contribution in [2.75, 3.05) is 0 Å². The van der Waals surface area contributed by atoms with Crippen LogP contribution in [0.25, 0.3) is 0 Å². The maximum Gasteiger partial charge on any atom is 3.00 e. The van der Waals surface area contributed by atoms with E-state index in [0.717, 1.165) is 0 Å². The van der Waals surface area contributed by atoms with Crippen molar-refractivity contribution >= 4 is 98.9 Å². The molecule has 1 radical (unpaired) electrons. The summed E-state index contributed by atoms with van der Waals surface area (Å²) in [5.74, 6) is 0. The SMILES string of the molecule is [Fe+3].[Mg+2].[Mg+2].[Mg+2].[P-3].[P-3].[P-3]. The monoisotopic (exact) mass is 221 g/mol. The second-order valence-electron chi connectivity index (χ2n) is 0. The molecule has 0 aromatic rings. The Kier molecular flexibility index (Phi) is 477. The fraction of sp³-hybridized carbons (Fsp3) is 0. The molecular formula is FeMg3P3. The summed E-state index contributed by atoms with van der Waals surface area (Å²) in [6.45, 7) is 0. The van der Waals surface area contributed by atoms with Gasteiger partial charge in [0.1, 0.15) is 0 Å². The smallest absolute Gasteiger partial charge is 3.00 e. The summed E-state index contributed by atoms with van der Waals surface area (Å²) in [6.07, 6.45) is 0. The second kappa shape index (κ2) is 49.7. The summed E-state index contributed by atoms with van der Waals surface area (Å²) in [6, 6.07) is 0. The third-order valence-electron chi connectivity index (χ3n) is 0. The van der Waals surface area contributed by atoms with Crippen LogP contribution in [-0.4, -0.2) is 69.2 Å². The normalized spacial score (nSPS) is 0. The van der Waals surface area contributed by atoms with E-state index in [4.69, 9.17) is 0 Å². The van der Waals surface area contributed by atoms with E-state index in [1.54, 1.807) is 0 Å². The summed E-state index contributed by atoms with van der Waals surface area (Å²) < 4.78 is 0. The first-order valence-electron chi connectivity index (χ1n) is 0. The first-order valence-corrected chi connectivity index (χ1v) is 0. The maximum absolute atomic E-state index is 0. The van der Waals surface area contributed by atoms with E-state index in [1.807, 2.05) is 0 Å². The van der Waals surface area contributed by atoms with Crippen molar-refractivity contribution in [3.05, 3.63) is 0 Å². The number of hydrogen-bond donors (Lipinski definition) is 0. The molecule has 0 unspecified atom stereocenters. The topological polar surface area (TPSA) is 0 Å². The summed E-state index contributed by atoms with van der Waals surface area (Å²) >= 11 is 0. The van der Waals surface area contributed by atoms with Gasteiger partial charge in [-0.1, -0.05) is 0 Å². The predicted molar refractivity (Wildman–Crippen MR) is 38.0 cm³/mol. The van der Waals surface area contributed by atoms with Gasteiger partial charge in [0.2, 0.25) is 0 Å². The summed E-state index contributed by atoms with van der Waals surface area (Å²) in [7, 11) is 0. The van der Waals surface area contributed by atoms with Crippen molar-refractivity contribution in [3.8, 4) is 0 Å². The van der Waals surface area contributed by atoms with Crippen LogP contribution >= 0.6 is 29.7 Å². The van der Waals surface area contributed by atoms with Crippen LogP contribution in [0.3, 0.4) is 0 Å². The van der Waals surface area contributed by atoms with Gasteiger partial charge < -0.3 is 29.7 Å². The van der Waals surface area contributed by atoms with E-state index in [0.29, 0.717) is 0 Å². The van der Waals surface area contributed by atoms with Gasteiger partial charge >= 0.3 is 86.2 Å². The third-order valence-corrected chi connectivity index (χ3v) is 0. The standard InChI is InChI=1S/Fe.3Mg.3P/q+3;3*+2;3*-3. The fourth-order valence-corrected chi connectivity index (χ4v) is 0. The molecule has 0 nitrogen and oxygen atoms in total.